The number of carbonyl (C=O) groups excluding carboxylic acids is 1. The monoisotopic (exact) mass is 308 g/mol. The van der Waals surface area contributed by atoms with Crippen molar-refractivity contribution in [3.63, 3.8) is 0 Å². The summed E-state index contributed by atoms with van der Waals surface area (Å²) in [6, 6.07) is 2.42. The molecule has 5 nitrogen and oxygen atoms in total. The first kappa shape index (κ1) is 15.0. The number of amides is 1. The van der Waals surface area contributed by atoms with Crippen molar-refractivity contribution in [2.45, 2.75) is 25.2 Å². The maximum atomic E-state index is 12.5. The van der Waals surface area contributed by atoms with Crippen LogP contribution in [-0.2, 0) is 4.79 Å². The molecule has 2 aliphatic rings. The highest BCUT2D eigenvalue weighted by molar-refractivity contribution is 7.07. The summed E-state index contributed by atoms with van der Waals surface area (Å²) in [6.45, 7) is 5.93. The largest absolute Gasteiger partial charge is 0.320 e. The van der Waals surface area contributed by atoms with Gasteiger partial charge in [0.15, 0.2) is 0 Å². The van der Waals surface area contributed by atoms with Crippen molar-refractivity contribution < 1.29 is 4.79 Å². The summed E-state index contributed by atoms with van der Waals surface area (Å²) in [5.74, 6) is 0.216. The maximum Gasteiger partial charge on any atom is 0.241 e. The van der Waals surface area contributed by atoms with E-state index >= 15 is 0 Å². The molecule has 2 fully saturated rings. The summed E-state index contributed by atoms with van der Waals surface area (Å²) in [5.41, 5.74) is 1.20. The minimum Gasteiger partial charge on any atom is -0.320 e. The van der Waals surface area contributed by atoms with Gasteiger partial charge in [-0.05, 0) is 43.4 Å². The molecule has 1 aromatic heterocycles. The van der Waals surface area contributed by atoms with E-state index in [1.807, 2.05) is 11.8 Å². The molecule has 0 aliphatic carbocycles. The summed E-state index contributed by atoms with van der Waals surface area (Å²) in [6.07, 6.45) is 0.0272. The summed E-state index contributed by atoms with van der Waals surface area (Å²) in [7, 11) is 4.32. The van der Waals surface area contributed by atoms with E-state index in [-0.39, 0.29) is 18.1 Å². The van der Waals surface area contributed by atoms with E-state index in [4.69, 9.17) is 0 Å². The zero-order valence-electron chi connectivity index (χ0n) is 13.0. The molecule has 0 spiro atoms. The van der Waals surface area contributed by atoms with Crippen LogP contribution in [0.3, 0.4) is 0 Å². The predicted octanol–water partition coefficient (Wildman–Crippen LogP) is 0.813. The molecule has 21 heavy (non-hydrogen) atoms. The van der Waals surface area contributed by atoms with Crippen LogP contribution in [-0.4, -0.2) is 73.0 Å². The normalized spacial score (nSPS) is 32.0. The van der Waals surface area contributed by atoms with Crippen molar-refractivity contribution in [3.05, 3.63) is 22.4 Å². The number of nitrogens with one attached hydrogen (secondary N) is 1. The first-order valence-corrected chi connectivity index (χ1v) is 8.48. The number of hydrogen-bond acceptors (Lipinski definition) is 5. The van der Waals surface area contributed by atoms with Gasteiger partial charge in [-0.1, -0.05) is 0 Å². The van der Waals surface area contributed by atoms with Crippen LogP contribution in [0.2, 0.25) is 0 Å². The number of rotatable bonds is 3. The van der Waals surface area contributed by atoms with Crippen LogP contribution in [0.1, 0.15) is 18.7 Å². The van der Waals surface area contributed by atoms with Gasteiger partial charge in [0.05, 0.1) is 6.04 Å². The average molecular weight is 308 g/mol. The van der Waals surface area contributed by atoms with Crippen LogP contribution in [0, 0.1) is 0 Å². The SMILES string of the molecule is CC1NC(c2ccsc2)N(CC2CN(C)CCN2C)C1=O. The molecular weight excluding hydrogens is 284 g/mol. The van der Waals surface area contributed by atoms with Gasteiger partial charge in [0.25, 0.3) is 0 Å². The molecule has 3 rings (SSSR count). The second-order valence-electron chi connectivity index (χ2n) is 6.23. The second kappa shape index (κ2) is 6.04. The van der Waals surface area contributed by atoms with Crippen molar-refractivity contribution in [1.82, 2.24) is 20.0 Å². The van der Waals surface area contributed by atoms with Gasteiger partial charge < -0.3 is 9.80 Å². The van der Waals surface area contributed by atoms with Crippen LogP contribution in [0.25, 0.3) is 0 Å². The molecule has 3 heterocycles. The molecule has 0 radical (unpaired) electrons. The topological polar surface area (TPSA) is 38.8 Å². The minimum absolute atomic E-state index is 0.0272. The lowest BCUT2D eigenvalue weighted by atomic mass is 10.1. The van der Waals surface area contributed by atoms with Gasteiger partial charge in [-0.3, -0.25) is 15.0 Å². The first-order chi connectivity index (χ1) is 10.1. The molecule has 0 bridgehead atoms. The predicted molar refractivity (Wildman–Crippen MR) is 85.3 cm³/mol. The van der Waals surface area contributed by atoms with Crippen molar-refractivity contribution >= 4 is 17.2 Å². The molecule has 0 aromatic carbocycles. The molecule has 1 aromatic rings. The Hall–Kier alpha value is -0.950. The molecule has 1 amide bonds. The number of thiophene rings is 1. The van der Waals surface area contributed by atoms with Crippen LogP contribution in [0.15, 0.2) is 16.8 Å². The summed E-state index contributed by atoms with van der Waals surface area (Å²) < 4.78 is 0. The van der Waals surface area contributed by atoms with Crippen molar-refractivity contribution in [2.75, 3.05) is 40.3 Å². The molecule has 2 aliphatic heterocycles. The molecule has 3 unspecified atom stereocenters. The van der Waals surface area contributed by atoms with Gasteiger partial charge in [0.1, 0.15) is 6.17 Å². The number of hydrogen-bond donors (Lipinski definition) is 1. The quantitative estimate of drug-likeness (QED) is 0.897. The summed E-state index contributed by atoms with van der Waals surface area (Å²) >= 11 is 1.68. The Kier molecular flexibility index (Phi) is 4.31. The van der Waals surface area contributed by atoms with E-state index in [1.165, 1.54) is 5.56 Å². The fourth-order valence-electron chi connectivity index (χ4n) is 3.20. The van der Waals surface area contributed by atoms with Gasteiger partial charge in [-0.2, -0.15) is 11.3 Å². The molecule has 6 heteroatoms. The van der Waals surface area contributed by atoms with Gasteiger partial charge >= 0.3 is 0 Å². The van der Waals surface area contributed by atoms with E-state index in [9.17, 15) is 4.79 Å². The lowest BCUT2D eigenvalue weighted by Gasteiger charge is -2.40. The Labute approximate surface area is 130 Å². The number of piperazine rings is 1. The second-order valence-corrected chi connectivity index (χ2v) is 7.01. The van der Waals surface area contributed by atoms with Crippen molar-refractivity contribution in [1.29, 1.82) is 0 Å². The zero-order valence-corrected chi connectivity index (χ0v) is 13.8. The van der Waals surface area contributed by atoms with Crippen LogP contribution in [0.5, 0.6) is 0 Å². The van der Waals surface area contributed by atoms with Crippen LogP contribution in [0.4, 0.5) is 0 Å². The van der Waals surface area contributed by atoms with E-state index in [2.05, 4.69) is 46.0 Å². The highest BCUT2D eigenvalue weighted by Crippen LogP contribution is 2.27. The lowest BCUT2D eigenvalue weighted by Crippen LogP contribution is -2.55. The number of nitrogens with zero attached hydrogens (tertiary/aromatic N) is 3. The molecule has 3 atom stereocenters. The van der Waals surface area contributed by atoms with Crippen molar-refractivity contribution in [3.8, 4) is 0 Å². The summed E-state index contributed by atoms with van der Waals surface area (Å²) in [5, 5.41) is 7.63. The Morgan fingerprint density at radius 3 is 2.90 bits per heavy atom. The van der Waals surface area contributed by atoms with Crippen LogP contribution < -0.4 is 5.32 Å². The fourth-order valence-corrected chi connectivity index (χ4v) is 3.88. The van der Waals surface area contributed by atoms with Crippen LogP contribution >= 0.6 is 11.3 Å². The molecule has 2 saturated heterocycles. The van der Waals surface area contributed by atoms with Crippen molar-refractivity contribution in [2.24, 2.45) is 0 Å². The molecule has 116 valence electrons. The average Bonchev–Trinajstić information content (AvgIpc) is 3.06. The number of likely N-dealkylation sites (N-methyl/N-ethyl adjacent to an activating group) is 2. The third-order valence-electron chi connectivity index (χ3n) is 4.62. The maximum absolute atomic E-state index is 12.5. The minimum atomic E-state index is -0.0958. The van der Waals surface area contributed by atoms with Gasteiger partial charge in [-0.25, -0.2) is 0 Å². The standard InChI is InChI=1S/C15H24N4OS/c1-11-15(20)19(14(16-11)12-4-7-21-10-12)9-13-8-17(2)5-6-18(13)3/h4,7,10-11,13-14,16H,5-6,8-9H2,1-3H3. The molecule has 1 N–H and O–H groups in total. The third-order valence-corrected chi connectivity index (χ3v) is 5.32. The smallest absolute Gasteiger partial charge is 0.241 e. The highest BCUT2D eigenvalue weighted by Gasteiger charge is 2.39. The Morgan fingerprint density at radius 1 is 1.38 bits per heavy atom. The van der Waals surface area contributed by atoms with E-state index in [1.54, 1.807) is 11.3 Å². The Bertz CT molecular complexity index is 492. The van der Waals surface area contributed by atoms with E-state index < -0.39 is 0 Å². The highest BCUT2D eigenvalue weighted by atomic mass is 32.1. The zero-order chi connectivity index (χ0) is 15.0. The summed E-state index contributed by atoms with van der Waals surface area (Å²) in [4.78, 5) is 19.3. The Balaban J connectivity index is 1.76. The van der Waals surface area contributed by atoms with E-state index in [0.717, 1.165) is 26.2 Å². The fraction of sp³-hybridized carbons (Fsp3) is 0.667. The van der Waals surface area contributed by atoms with E-state index in [0.29, 0.717) is 6.04 Å². The third kappa shape index (κ3) is 2.99. The lowest BCUT2D eigenvalue weighted by molar-refractivity contribution is -0.130. The number of carbonyl (C=O) groups is 1. The van der Waals surface area contributed by atoms with Gasteiger partial charge in [-0.15, -0.1) is 0 Å². The van der Waals surface area contributed by atoms with Gasteiger partial charge in [0, 0.05) is 32.2 Å². The van der Waals surface area contributed by atoms with Gasteiger partial charge in [0.2, 0.25) is 5.91 Å². The Morgan fingerprint density at radius 2 is 2.19 bits per heavy atom. The molecular formula is C15H24N4OS. The first-order valence-electron chi connectivity index (χ1n) is 7.53. The molecule has 0 saturated carbocycles.